The van der Waals surface area contributed by atoms with Gasteiger partial charge in [-0.3, -0.25) is 0 Å². The van der Waals surface area contributed by atoms with Crippen LogP contribution in [0.4, 0.5) is 0 Å². The molecule has 116 valence electrons. The lowest BCUT2D eigenvalue weighted by Crippen LogP contribution is -2.58. The quantitative estimate of drug-likeness (QED) is 0.892. The molecule has 1 aromatic carbocycles. The van der Waals surface area contributed by atoms with E-state index in [4.69, 9.17) is 10.5 Å². The van der Waals surface area contributed by atoms with E-state index in [2.05, 4.69) is 28.6 Å². The topological polar surface area (TPSA) is 50.5 Å². The molecule has 1 aromatic rings. The van der Waals surface area contributed by atoms with E-state index in [-0.39, 0.29) is 5.54 Å². The number of hydrogen-bond donors (Lipinski definition) is 2. The first-order chi connectivity index (χ1) is 10.3. The molecule has 0 aromatic heterocycles. The van der Waals surface area contributed by atoms with Gasteiger partial charge in [0, 0.05) is 19.6 Å². The van der Waals surface area contributed by atoms with E-state index in [1.165, 1.54) is 36.8 Å². The Labute approximate surface area is 127 Å². The first-order valence-corrected chi connectivity index (χ1v) is 8.18. The van der Waals surface area contributed by atoms with Crippen LogP contribution in [0.2, 0.25) is 0 Å². The largest absolute Gasteiger partial charge is 0.497 e. The van der Waals surface area contributed by atoms with Crippen LogP contribution in [0, 0.1) is 0 Å². The molecule has 1 aliphatic heterocycles. The molecule has 0 amide bonds. The zero-order valence-corrected chi connectivity index (χ0v) is 13.0. The Morgan fingerprint density at radius 3 is 2.76 bits per heavy atom. The Balaban J connectivity index is 1.91. The van der Waals surface area contributed by atoms with E-state index in [1.807, 2.05) is 0 Å². The third kappa shape index (κ3) is 2.93. The number of hydrazine groups is 1. The van der Waals surface area contributed by atoms with Crippen molar-refractivity contribution >= 4 is 0 Å². The fourth-order valence-electron chi connectivity index (χ4n) is 3.74. The molecule has 4 nitrogen and oxygen atoms in total. The first-order valence-electron chi connectivity index (χ1n) is 8.18. The highest BCUT2D eigenvalue weighted by Gasteiger charge is 2.37. The van der Waals surface area contributed by atoms with Crippen molar-refractivity contribution in [1.82, 2.24) is 10.4 Å². The summed E-state index contributed by atoms with van der Waals surface area (Å²) in [7, 11) is 1.73. The minimum Gasteiger partial charge on any atom is -0.497 e. The first kappa shape index (κ1) is 14.8. The van der Waals surface area contributed by atoms with E-state index < -0.39 is 0 Å². The zero-order valence-electron chi connectivity index (χ0n) is 13.0. The summed E-state index contributed by atoms with van der Waals surface area (Å²) in [5, 5.41) is 2.38. The minimum absolute atomic E-state index is 0.126. The van der Waals surface area contributed by atoms with Crippen LogP contribution in [0.5, 0.6) is 5.75 Å². The summed E-state index contributed by atoms with van der Waals surface area (Å²) in [5.41, 5.74) is 12.6. The van der Waals surface area contributed by atoms with Crippen molar-refractivity contribution in [3.63, 3.8) is 0 Å². The van der Waals surface area contributed by atoms with Gasteiger partial charge in [-0.25, -0.2) is 10.4 Å². The van der Waals surface area contributed by atoms with Gasteiger partial charge in [-0.1, -0.05) is 12.5 Å². The van der Waals surface area contributed by atoms with Crippen LogP contribution < -0.4 is 15.9 Å². The van der Waals surface area contributed by atoms with E-state index >= 15 is 0 Å². The van der Waals surface area contributed by atoms with Gasteiger partial charge >= 0.3 is 0 Å². The lowest BCUT2D eigenvalue weighted by molar-refractivity contribution is 0.0717. The van der Waals surface area contributed by atoms with Crippen LogP contribution in [0.25, 0.3) is 0 Å². The average molecular weight is 289 g/mol. The Hall–Kier alpha value is -1.10. The second-order valence-electron chi connectivity index (χ2n) is 6.32. The van der Waals surface area contributed by atoms with Gasteiger partial charge in [-0.05, 0) is 55.4 Å². The molecule has 1 unspecified atom stereocenters. The highest BCUT2D eigenvalue weighted by molar-refractivity contribution is 5.42. The number of nitrogens with one attached hydrogen (secondary N) is 1. The van der Waals surface area contributed by atoms with Gasteiger partial charge in [-0.15, -0.1) is 0 Å². The van der Waals surface area contributed by atoms with E-state index in [0.717, 1.165) is 31.7 Å². The molecule has 1 atom stereocenters. The molecule has 1 fully saturated rings. The number of rotatable bonds is 4. The van der Waals surface area contributed by atoms with Crippen molar-refractivity contribution in [1.29, 1.82) is 0 Å². The summed E-state index contributed by atoms with van der Waals surface area (Å²) >= 11 is 0. The van der Waals surface area contributed by atoms with Crippen LogP contribution >= 0.6 is 0 Å². The van der Waals surface area contributed by atoms with Crippen molar-refractivity contribution in [2.24, 2.45) is 5.73 Å². The summed E-state index contributed by atoms with van der Waals surface area (Å²) in [5.74, 6) is 0.925. The molecule has 0 spiro atoms. The van der Waals surface area contributed by atoms with Crippen LogP contribution in [-0.2, 0) is 12.0 Å². The minimum atomic E-state index is -0.126. The molecule has 3 rings (SSSR count). The Kier molecular flexibility index (Phi) is 4.48. The van der Waals surface area contributed by atoms with Crippen molar-refractivity contribution in [3.05, 3.63) is 29.3 Å². The fourth-order valence-corrected chi connectivity index (χ4v) is 3.74. The maximum Gasteiger partial charge on any atom is 0.119 e. The summed E-state index contributed by atoms with van der Waals surface area (Å²) in [6.07, 6.45) is 7.33. The van der Waals surface area contributed by atoms with Gasteiger partial charge in [0.25, 0.3) is 0 Å². The number of ether oxygens (including phenoxy) is 1. The van der Waals surface area contributed by atoms with Gasteiger partial charge in [0.2, 0.25) is 0 Å². The second-order valence-corrected chi connectivity index (χ2v) is 6.32. The molecule has 0 radical (unpaired) electrons. The SMILES string of the molecule is COc1ccc2c(c1)C(CN)(NN1CCCCC1)CCC2. The molecule has 4 heteroatoms. The van der Waals surface area contributed by atoms with Crippen LogP contribution in [-0.4, -0.2) is 31.8 Å². The predicted molar refractivity (Wildman–Crippen MR) is 85.2 cm³/mol. The molecule has 1 aliphatic carbocycles. The van der Waals surface area contributed by atoms with Crippen molar-refractivity contribution in [2.75, 3.05) is 26.7 Å². The smallest absolute Gasteiger partial charge is 0.119 e. The summed E-state index contributed by atoms with van der Waals surface area (Å²) in [6, 6.07) is 6.44. The fraction of sp³-hybridized carbons (Fsp3) is 0.647. The van der Waals surface area contributed by atoms with Crippen LogP contribution in [0.3, 0.4) is 0 Å². The third-order valence-corrected chi connectivity index (χ3v) is 4.96. The van der Waals surface area contributed by atoms with Crippen molar-refractivity contribution < 1.29 is 4.74 Å². The molecular weight excluding hydrogens is 262 g/mol. The number of nitrogens with two attached hydrogens (primary N) is 1. The summed E-state index contributed by atoms with van der Waals surface area (Å²) < 4.78 is 5.43. The standard InChI is InChI=1S/C17H27N3O/c1-21-15-8-7-14-6-5-9-17(13-18,16(14)12-15)19-20-10-3-2-4-11-20/h7-8,12,19H,2-6,9-11,13,18H2,1H3. The number of piperidine rings is 1. The van der Waals surface area contributed by atoms with Gasteiger partial charge in [0.1, 0.15) is 5.75 Å². The second kappa shape index (κ2) is 6.34. The molecule has 0 bridgehead atoms. The molecule has 0 saturated carbocycles. The van der Waals surface area contributed by atoms with E-state index in [1.54, 1.807) is 7.11 Å². The molecule has 1 saturated heterocycles. The van der Waals surface area contributed by atoms with Crippen LogP contribution in [0.15, 0.2) is 18.2 Å². The molecular formula is C17H27N3O. The molecule has 2 aliphatic rings. The highest BCUT2D eigenvalue weighted by atomic mass is 16.5. The maximum absolute atomic E-state index is 6.23. The number of nitrogens with zero attached hydrogens (tertiary/aromatic N) is 1. The highest BCUT2D eigenvalue weighted by Crippen LogP contribution is 2.37. The lowest BCUT2D eigenvalue weighted by Gasteiger charge is -2.44. The van der Waals surface area contributed by atoms with Crippen molar-refractivity contribution in [2.45, 2.75) is 44.1 Å². The van der Waals surface area contributed by atoms with Crippen LogP contribution in [0.1, 0.15) is 43.2 Å². The maximum atomic E-state index is 6.23. The van der Waals surface area contributed by atoms with Gasteiger partial charge in [0.05, 0.1) is 12.6 Å². The average Bonchev–Trinajstić information content (AvgIpc) is 2.55. The van der Waals surface area contributed by atoms with Gasteiger partial charge in [-0.2, -0.15) is 0 Å². The number of methoxy groups -OCH3 is 1. The predicted octanol–water partition coefficient (Wildman–Crippen LogP) is 2.18. The Bertz CT molecular complexity index is 485. The Morgan fingerprint density at radius 1 is 1.24 bits per heavy atom. The lowest BCUT2D eigenvalue weighted by atomic mass is 9.76. The van der Waals surface area contributed by atoms with Crippen molar-refractivity contribution in [3.8, 4) is 5.75 Å². The number of aryl methyl sites for hydroxylation is 1. The van der Waals surface area contributed by atoms with Gasteiger partial charge in [0.15, 0.2) is 0 Å². The van der Waals surface area contributed by atoms with E-state index in [0.29, 0.717) is 6.54 Å². The number of fused-ring (bicyclic) bond motifs is 1. The monoisotopic (exact) mass is 289 g/mol. The third-order valence-electron chi connectivity index (χ3n) is 4.96. The Morgan fingerprint density at radius 2 is 2.05 bits per heavy atom. The number of hydrogen-bond acceptors (Lipinski definition) is 4. The summed E-state index contributed by atoms with van der Waals surface area (Å²) in [4.78, 5) is 0. The molecule has 1 heterocycles. The van der Waals surface area contributed by atoms with Gasteiger partial charge < -0.3 is 10.5 Å². The summed E-state index contributed by atoms with van der Waals surface area (Å²) in [6.45, 7) is 2.88. The molecule has 3 N–H and O–H groups in total. The zero-order chi connectivity index (χ0) is 14.7. The van der Waals surface area contributed by atoms with E-state index in [9.17, 15) is 0 Å². The number of benzene rings is 1. The normalized spacial score (nSPS) is 26.4. The molecule has 21 heavy (non-hydrogen) atoms.